The Morgan fingerprint density at radius 1 is 1.32 bits per heavy atom. The highest BCUT2D eigenvalue weighted by Gasteiger charge is 2.19. The molecule has 2 heterocycles. The molecule has 1 aromatic heterocycles. The topological polar surface area (TPSA) is 74.4 Å². The average molecular weight is 310 g/mol. The molecule has 1 aliphatic heterocycles. The number of hydrogen-bond acceptors (Lipinski definition) is 6. The zero-order chi connectivity index (χ0) is 15.9. The quantitative estimate of drug-likeness (QED) is 0.757. The number of hydrogen-bond donors (Lipinski definition) is 2. The van der Waals surface area contributed by atoms with Gasteiger partial charge < -0.3 is 19.8 Å². The Kier molecular flexibility index (Phi) is 6.79. The lowest BCUT2D eigenvalue weighted by atomic mass is 9.96. The summed E-state index contributed by atoms with van der Waals surface area (Å²) in [6.07, 6.45) is 2.98. The van der Waals surface area contributed by atoms with Gasteiger partial charge in [0, 0.05) is 13.0 Å². The maximum Gasteiger partial charge on any atom is 0.226 e. The summed E-state index contributed by atoms with van der Waals surface area (Å²) < 4.78 is 5.24. The van der Waals surface area contributed by atoms with Crippen LogP contribution in [0.1, 0.15) is 45.3 Å². The van der Waals surface area contributed by atoms with Crippen molar-refractivity contribution in [2.75, 3.05) is 26.2 Å². The summed E-state index contributed by atoms with van der Waals surface area (Å²) in [5.74, 6) is 2.72. The fraction of sp³-hybridized carbons (Fsp3) is 0.875. The third-order valence-corrected chi connectivity index (χ3v) is 4.04. The van der Waals surface area contributed by atoms with Crippen LogP contribution in [0.3, 0.4) is 0 Å². The second-order valence-corrected chi connectivity index (χ2v) is 6.93. The number of rotatable bonds is 8. The van der Waals surface area contributed by atoms with Crippen molar-refractivity contribution in [3.63, 3.8) is 0 Å². The zero-order valence-corrected chi connectivity index (χ0v) is 14.1. The predicted octanol–water partition coefficient (Wildman–Crippen LogP) is 1.45. The lowest BCUT2D eigenvalue weighted by Gasteiger charge is -2.32. The number of piperidine rings is 1. The van der Waals surface area contributed by atoms with Crippen LogP contribution in [0.2, 0.25) is 0 Å². The number of nitrogens with one attached hydrogen (secondary N) is 1. The standard InChI is InChI=1S/C16H30N4O2/c1-12(2)8-16-18-15(19-22-16)10-17-9-14-4-6-20(7-5-14)11-13(3)21/h12-14,17,21H,4-11H2,1-3H3. The van der Waals surface area contributed by atoms with Gasteiger partial charge in [-0.2, -0.15) is 4.98 Å². The molecule has 1 aromatic rings. The number of β-amino-alcohol motifs (C(OH)–C–C–N with tert-alkyl or cyclic N) is 1. The third kappa shape index (κ3) is 6.02. The Balaban J connectivity index is 1.62. The van der Waals surface area contributed by atoms with Gasteiger partial charge in [0.1, 0.15) is 0 Å². The molecular formula is C16H30N4O2. The van der Waals surface area contributed by atoms with Crippen LogP contribution >= 0.6 is 0 Å². The summed E-state index contributed by atoms with van der Waals surface area (Å²) in [6, 6.07) is 0. The van der Waals surface area contributed by atoms with Gasteiger partial charge in [-0.1, -0.05) is 19.0 Å². The van der Waals surface area contributed by atoms with E-state index in [-0.39, 0.29) is 6.10 Å². The van der Waals surface area contributed by atoms with Crippen molar-refractivity contribution in [1.29, 1.82) is 0 Å². The van der Waals surface area contributed by atoms with Gasteiger partial charge in [-0.25, -0.2) is 0 Å². The Labute approximate surface area is 133 Å². The Bertz CT molecular complexity index is 426. The van der Waals surface area contributed by atoms with Gasteiger partial charge in [0.15, 0.2) is 5.82 Å². The average Bonchev–Trinajstić information content (AvgIpc) is 2.87. The molecule has 1 saturated heterocycles. The molecule has 6 nitrogen and oxygen atoms in total. The van der Waals surface area contributed by atoms with Crippen molar-refractivity contribution < 1.29 is 9.63 Å². The van der Waals surface area contributed by atoms with E-state index in [2.05, 4.69) is 34.2 Å². The number of aromatic nitrogens is 2. The number of aliphatic hydroxyl groups is 1. The van der Waals surface area contributed by atoms with E-state index in [1.54, 1.807) is 0 Å². The summed E-state index contributed by atoms with van der Waals surface area (Å²) in [4.78, 5) is 6.75. The van der Waals surface area contributed by atoms with E-state index in [1.165, 1.54) is 12.8 Å². The Morgan fingerprint density at radius 3 is 2.68 bits per heavy atom. The minimum atomic E-state index is -0.229. The first kappa shape index (κ1) is 17.4. The summed E-state index contributed by atoms with van der Waals surface area (Å²) in [5.41, 5.74) is 0. The second kappa shape index (κ2) is 8.60. The van der Waals surface area contributed by atoms with Crippen LogP contribution in [0.25, 0.3) is 0 Å². The first-order chi connectivity index (χ1) is 10.5. The van der Waals surface area contributed by atoms with E-state index in [1.807, 2.05) is 6.92 Å². The molecule has 1 fully saturated rings. The molecule has 126 valence electrons. The Morgan fingerprint density at radius 2 is 2.05 bits per heavy atom. The highest BCUT2D eigenvalue weighted by atomic mass is 16.5. The molecule has 1 atom stereocenters. The lowest BCUT2D eigenvalue weighted by molar-refractivity contribution is 0.0997. The summed E-state index contributed by atoms with van der Waals surface area (Å²) in [5, 5.41) is 16.9. The highest BCUT2D eigenvalue weighted by molar-refractivity contribution is 4.87. The molecule has 0 amide bonds. The van der Waals surface area contributed by atoms with Gasteiger partial charge in [0.2, 0.25) is 5.89 Å². The molecule has 22 heavy (non-hydrogen) atoms. The SMILES string of the molecule is CC(C)Cc1nc(CNCC2CCN(CC(C)O)CC2)no1. The van der Waals surface area contributed by atoms with Gasteiger partial charge in [-0.05, 0) is 51.2 Å². The predicted molar refractivity (Wildman–Crippen MR) is 85.4 cm³/mol. The fourth-order valence-electron chi connectivity index (χ4n) is 2.93. The largest absolute Gasteiger partial charge is 0.392 e. The monoisotopic (exact) mass is 310 g/mol. The van der Waals surface area contributed by atoms with Gasteiger partial charge >= 0.3 is 0 Å². The maximum atomic E-state index is 9.42. The van der Waals surface area contributed by atoms with E-state index in [9.17, 15) is 5.11 Å². The van der Waals surface area contributed by atoms with Gasteiger partial charge in [0.05, 0.1) is 12.6 Å². The van der Waals surface area contributed by atoms with Crippen LogP contribution in [0, 0.1) is 11.8 Å². The fourth-order valence-corrected chi connectivity index (χ4v) is 2.93. The van der Waals surface area contributed by atoms with Gasteiger partial charge in [0.25, 0.3) is 0 Å². The molecule has 0 spiro atoms. The molecule has 0 aromatic carbocycles. The van der Waals surface area contributed by atoms with Gasteiger partial charge in [-0.15, -0.1) is 0 Å². The Hall–Kier alpha value is -0.980. The molecule has 2 rings (SSSR count). The van der Waals surface area contributed by atoms with Crippen molar-refractivity contribution in [2.24, 2.45) is 11.8 Å². The number of nitrogens with zero attached hydrogens (tertiary/aromatic N) is 3. The third-order valence-electron chi connectivity index (χ3n) is 4.04. The lowest BCUT2D eigenvalue weighted by Crippen LogP contribution is -2.40. The normalized spacial score (nSPS) is 19.0. The molecular weight excluding hydrogens is 280 g/mol. The number of likely N-dealkylation sites (tertiary alicyclic amines) is 1. The summed E-state index contributed by atoms with van der Waals surface area (Å²) >= 11 is 0. The first-order valence-corrected chi connectivity index (χ1v) is 8.45. The minimum Gasteiger partial charge on any atom is -0.392 e. The van der Waals surface area contributed by atoms with Crippen molar-refractivity contribution in [1.82, 2.24) is 20.4 Å². The van der Waals surface area contributed by atoms with Crippen molar-refractivity contribution >= 4 is 0 Å². The molecule has 1 unspecified atom stereocenters. The van der Waals surface area contributed by atoms with E-state index in [0.29, 0.717) is 18.4 Å². The molecule has 1 aliphatic rings. The smallest absolute Gasteiger partial charge is 0.226 e. The summed E-state index contributed by atoms with van der Waals surface area (Å²) in [7, 11) is 0. The van der Waals surface area contributed by atoms with Crippen LogP contribution in [-0.2, 0) is 13.0 Å². The number of aliphatic hydroxyl groups excluding tert-OH is 1. The van der Waals surface area contributed by atoms with Crippen LogP contribution in [0.4, 0.5) is 0 Å². The minimum absolute atomic E-state index is 0.229. The summed E-state index contributed by atoms with van der Waals surface area (Å²) in [6.45, 7) is 10.8. The van der Waals surface area contributed by atoms with Gasteiger partial charge in [-0.3, -0.25) is 0 Å². The van der Waals surface area contributed by atoms with E-state index in [0.717, 1.165) is 44.3 Å². The second-order valence-electron chi connectivity index (χ2n) is 6.93. The van der Waals surface area contributed by atoms with Crippen molar-refractivity contribution in [3.05, 3.63) is 11.7 Å². The molecule has 0 saturated carbocycles. The molecule has 2 N–H and O–H groups in total. The zero-order valence-electron chi connectivity index (χ0n) is 14.1. The van der Waals surface area contributed by atoms with Crippen LogP contribution in [-0.4, -0.2) is 52.4 Å². The van der Waals surface area contributed by atoms with Crippen molar-refractivity contribution in [3.8, 4) is 0 Å². The van der Waals surface area contributed by atoms with E-state index in [4.69, 9.17) is 4.52 Å². The molecule has 0 aliphatic carbocycles. The maximum absolute atomic E-state index is 9.42. The highest BCUT2D eigenvalue weighted by Crippen LogP contribution is 2.16. The van der Waals surface area contributed by atoms with Crippen LogP contribution in [0.5, 0.6) is 0 Å². The molecule has 0 bridgehead atoms. The van der Waals surface area contributed by atoms with E-state index < -0.39 is 0 Å². The van der Waals surface area contributed by atoms with Crippen LogP contribution < -0.4 is 5.32 Å². The van der Waals surface area contributed by atoms with Crippen molar-refractivity contribution in [2.45, 2.75) is 52.7 Å². The van der Waals surface area contributed by atoms with E-state index >= 15 is 0 Å². The molecule has 6 heteroatoms. The first-order valence-electron chi connectivity index (χ1n) is 8.45. The van der Waals surface area contributed by atoms with Crippen LogP contribution in [0.15, 0.2) is 4.52 Å². The molecule has 0 radical (unpaired) electrons.